The number of hydrogen-bond donors (Lipinski definition) is 1. The lowest BCUT2D eigenvalue weighted by Crippen LogP contribution is -2.35. The van der Waals surface area contributed by atoms with Crippen molar-refractivity contribution >= 4 is 28.5 Å². The van der Waals surface area contributed by atoms with Crippen molar-refractivity contribution < 1.29 is 0 Å². The van der Waals surface area contributed by atoms with Crippen LogP contribution < -0.4 is 4.90 Å². The Balaban J connectivity index is 1.90. The fourth-order valence-electron chi connectivity index (χ4n) is 3.52. The minimum absolute atomic E-state index is 0.503. The van der Waals surface area contributed by atoms with Crippen molar-refractivity contribution in [3.63, 3.8) is 0 Å². The van der Waals surface area contributed by atoms with Gasteiger partial charge in [-0.1, -0.05) is 18.5 Å². The molecule has 4 rings (SSSR count). The quantitative estimate of drug-likeness (QED) is 0.709. The molecule has 0 aromatic carbocycles. The fourth-order valence-corrected chi connectivity index (χ4v) is 3.73. The Morgan fingerprint density at radius 3 is 2.96 bits per heavy atom. The Hall–Kier alpha value is -2.14. The Bertz CT molecular complexity index is 888. The van der Waals surface area contributed by atoms with Crippen LogP contribution >= 0.6 is 11.6 Å². The summed E-state index contributed by atoms with van der Waals surface area (Å²) in [7, 11) is 0. The van der Waals surface area contributed by atoms with Gasteiger partial charge in [-0.15, -0.1) is 0 Å². The predicted molar refractivity (Wildman–Crippen MR) is 97.5 cm³/mol. The summed E-state index contributed by atoms with van der Waals surface area (Å²) < 4.78 is 0. The van der Waals surface area contributed by atoms with Crippen molar-refractivity contribution in [2.24, 2.45) is 5.92 Å². The molecule has 4 heterocycles. The first-order chi connectivity index (χ1) is 11.6. The van der Waals surface area contributed by atoms with E-state index in [1.165, 1.54) is 12.8 Å². The second-order valence-electron chi connectivity index (χ2n) is 6.67. The summed E-state index contributed by atoms with van der Waals surface area (Å²) in [5.41, 5.74) is 3.85. The summed E-state index contributed by atoms with van der Waals surface area (Å²) in [5.74, 6) is 1.66. The summed E-state index contributed by atoms with van der Waals surface area (Å²) >= 11 is 6.37. The molecule has 0 bridgehead atoms. The van der Waals surface area contributed by atoms with Gasteiger partial charge in [0.25, 0.3) is 0 Å². The van der Waals surface area contributed by atoms with Gasteiger partial charge in [0.1, 0.15) is 22.9 Å². The van der Waals surface area contributed by atoms with Crippen LogP contribution in [0.5, 0.6) is 0 Å². The molecule has 24 heavy (non-hydrogen) atoms. The molecule has 1 atom stereocenters. The van der Waals surface area contributed by atoms with E-state index < -0.39 is 0 Å². The third kappa shape index (κ3) is 2.63. The number of piperidine rings is 1. The highest BCUT2D eigenvalue weighted by molar-refractivity contribution is 6.32. The van der Waals surface area contributed by atoms with Gasteiger partial charge < -0.3 is 9.88 Å². The summed E-state index contributed by atoms with van der Waals surface area (Å²) in [6.45, 7) is 6.37. The topological polar surface area (TPSA) is 57.7 Å². The summed E-state index contributed by atoms with van der Waals surface area (Å²) in [6.07, 6.45) is 7.84. The molecule has 3 aromatic heterocycles. The lowest BCUT2D eigenvalue weighted by molar-refractivity contribution is 0.445. The van der Waals surface area contributed by atoms with Gasteiger partial charge in [0.15, 0.2) is 0 Å². The van der Waals surface area contributed by atoms with Crippen LogP contribution in [0.15, 0.2) is 24.8 Å². The van der Waals surface area contributed by atoms with Crippen molar-refractivity contribution in [3.8, 4) is 11.1 Å². The van der Waals surface area contributed by atoms with E-state index in [9.17, 15) is 0 Å². The van der Waals surface area contributed by atoms with E-state index in [0.717, 1.165) is 46.6 Å². The van der Waals surface area contributed by atoms with Crippen LogP contribution in [0.4, 0.5) is 5.82 Å². The SMILES string of the molecule is Cc1cnc(Cl)c(-c2c[nH]c3ncnc(N4CCC[C@H](C)C4)c23)c1. The lowest BCUT2D eigenvalue weighted by Gasteiger charge is -2.32. The molecule has 1 saturated heterocycles. The maximum absolute atomic E-state index is 6.37. The van der Waals surface area contributed by atoms with E-state index in [2.05, 4.69) is 37.8 Å². The number of anilines is 1. The molecule has 5 nitrogen and oxygen atoms in total. The number of aromatic amines is 1. The van der Waals surface area contributed by atoms with Gasteiger partial charge in [-0.3, -0.25) is 0 Å². The number of pyridine rings is 1. The minimum atomic E-state index is 0.503. The number of H-pyrrole nitrogens is 1. The standard InChI is InChI=1S/C18H20ClN5/c1-11-4-3-5-24(9-11)18-15-14(8-21-17(15)22-10-23-18)13-6-12(2)7-20-16(13)19/h6-8,10-11H,3-5,9H2,1-2H3,(H,21,22,23)/t11-/m0/s1. The average molecular weight is 342 g/mol. The van der Waals surface area contributed by atoms with Crippen LogP contribution in [-0.4, -0.2) is 33.0 Å². The molecule has 0 saturated carbocycles. The van der Waals surface area contributed by atoms with E-state index >= 15 is 0 Å². The fraction of sp³-hybridized carbons (Fsp3) is 0.389. The molecule has 1 aliphatic rings. The van der Waals surface area contributed by atoms with Gasteiger partial charge in [0.2, 0.25) is 0 Å². The highest BCUT2D eigenvalue weighted by atomic mass is 35.5. The molecular weight excluding hydrogens is 322 g/mol. The van der Waals surface area contributed by atoms with Gasteiger partial charge in [-0.25, -0.2) is 15.0 Å². The Morgan fingerprint density at radius 2 is 2.12 bits per heavy atom. The Morgan fingerprint density at radius 1 is 1.25 bits per heavy atom. The number of fused-ring (bicyclic) bond motifs is 1. The number of rotatable bonds is 2. The van der Waals surface area contributed by atoms with Gasteiger partial charge in [0.05, 0.1) is 5.39 Å². The van der Waals surface area contributed by atoms with Crippen LogP contribution in [-0.2, 0) is 0 Å². The molecular formula is C18H20ClN5. The summed E-state index contributed by atoms with van der Waals surface area (Å²) in [5, 5.41) is 1.53. The van der Waals surface area contributed by atoms with Crippen molar-refractivity contribution in [1.29, 1.82) is 0 Å². The number of aromatic nitrogens is 4. The number of aryl methyl sites for hydroxylation is 1. The van der Waals surface area contributed by atoms with Gasteiger partial charge >= 0.3 is 0 Å². The maximum atomic E-state index is 6.37. The van der Waals surface area contributed by atoms with Crippen molar-refractivity contribution in [2.75, 3.05) is 18.0 Å². The number of halogens is 1. The molecule has 1 fully saturated rings. The van der Waals surface area contributed by atoms with Crippen LogP contribution in [0.2, 0.25) is 5.15 Å². The monoisotopic (exact) mass is 341 g/mol. The van der Waals surface area contributed by atoms with Crippen molar-refractivity contribution in [3.05, 3.63) is 35.5 Å². The minimum Gasteiger partial charge on any atom is -0.356 e. The van der Waals surface area contributed by atoms with Crippen LogP contribution in [0.3, 0.4) is 0 Å². The average Bonchev–Trinajstić information content (AvgIpc) is 3.01. The van der Waals surface area contributed by atoms with Gasteiger partial charge in [-0.2, -0.15) is 0 Å². The van der Waals surface area contributed by atoms with E-state index in [1.54, 1.807) is 12.5 Å². The molecule has 0 aliphatic carbocycles. The zero-order chi connectivity index (χ0) is 16.7. The highest BCUT2D eigenvalue weighted by Crippen LogP contribution is 2.37. The normalized spacial score (nSPS) is 18.3. The van der Waals surface area contributed by atoms with Crippen molar-refractivity contribution in [1.82, 2.24) is 19.9 Å². The molecule has 1 aliphatic heterocycles. The third-order valence-electron chi connectivity index (χ3n) is 4.67. The first kappa shape index (κ1) is 15.4. The molecule has 0 amide bonds. The third-order valence-corrected chi connectivity index (χ3v) is 4.97. The second kappa shape index (κ2) is 6.06. The van der Waals surface area contributed by atoms with Crippen LogP contribution in [0.1, 0.15) is 25.3 Å². The second-order valence-corrected chi connectivity index (χ2v) is 7.03. The molecule has 0 spiro atoms. The lowest BCUT2D eigenvalue weighted by atomic mass is 9.99. The summed E-state index contributed by atoms with van der Waals surface area (Å²) in [4.78, 5) is 18.9. The van der Waals surface area contributed by atoms with Crippen LogP contribution in [0, 0.1) is 12.8 Å². The highest BCUT2D eigenvalue weighted by Gasteiger charge is 2.23. The molecule has 3 aromatic rings. The number of nitrogens with one attached hydrogen (secondary N) is 1. The first-order valence-electron chi connectivity index (χ1n) is 8.33. The largest absolute Gasteiger partial charge is 0.356 e. The van der Waals surface area contributed by atoms with Crippen LogP contribution in [0.25, 0.3) is 22.2 Å². The molecule has 0 unspecified atom stereocenters. The van der Waals surface area contributed by atoms with Crippen molar-refractivity contribution in [2.45, 2.75) is 26.7 Å². The van der Waals surface area contributed by atoms with E-state index in [4.69, 9.17) is 11.6 Å². The number of nitrogens with zero attached hydrogens (tertiary/aromatic N) is 4. The van der Waals surface area contributed by atoms with E-state index in [-0.39, 0.29) is 0 Å². The molecule has 0 radical (unpaired) electrons. The maximum Gasteiger partial charge on any atom is 0.143 e. The zero-order valence-electron chi connectivity index (χ0n) is 13.9. The first-order valence-corrected chi connectivity index (χ1v) is 8.71. The molecule has 1 N–H and O–H groups in total. The van der Waals surface area contributed by atoms with Gasteiger partial charge in [-0.05, 0) is 37.3 Å². The zero-order valence-corrected chi connectivity index (χ0v) is 14.6. The van der Waals surface area contributed by atoms with E-state index in [1.807, 2.05) is 13.1 Å². The smallest absolute Gasteiger partial charge is 0.143 e. The molecule has 6 heteroatoms. The predicted octanol–water partition coefficient (Wildman–Crippen LogP) is 4.22. The summed E-state index contributed by atoms with van der Waals surface area (Å²) in [6, 6.07) is 2.06. The number of hydrogen-bond acceptors (Lipinski definition) is 4. The van der Waals surface area contributed by atoms with E-state index in [0.29, 0.717) is 11.1 Å². The Kier molecular flexibility index (Phi) is 3.88. The Labute approximate surface area is 146 Å². The molecule has 124 valence electrons. The van der Waals surface area contributed by atoms with Gasteiger partial charge in [0, 0.05) is 36.6 Å².